The Hall–Kier alpha value is -1.48. The number of aromatic carboxylic acids is 1. The first-order valence-electron chi connectivity index (χ1n) is 11.0. The van der Waals surface area contributed by atoms with Crippen LogP contribution in [0, 0.1) is 0 Å². The molecule has 0 bridgehead atoms. The Morgan fingerprint density at radius 3 is 2.00 bits per heavy atom. The van der Waals surface area contributed by atoms with E-state index in [1.165, 1.54) is 70.6 Å². The molecule has 28 heavy (non-hydrogen) atoms. The molecule has 0 atom stereocenters. The fourth-order valence-electron chi connectivity index (χ4n) is 2.97. The highest BCUT2D eigenvalue weighted by Crippen LogP contribution is 2.20. The zero-order valence-corrected chi connectivity index (χ0v) is 18.4. The second-order valence-electron chi connectivity index (χ2n) is 7.26. The average molecular weight is 403 g/mol. The van der Waals surface area contributed by atoms with Crippen LogP contribution >= 0.6 is 11.8 Å². The first-order chi connectivity index (χ1) is 13.7. The Kier molecular flexibility index (Phi) is 15.4. The summed E-state index contributed by atoms with van der Waals surface area (Å²) in [6.07, 6.45) is 24.6. The molecule has 0 aromatic heterocycles. The van der Waals surface area contributed by atoms with Crippen molar-refractivity contribution in [2.45, 2.75) is 88.9 Å². The molecule has 1 aromatic rings. The molecule has 0 heterocycles. The molecule has 0 unspecified atom stereocenters. The number of benzene rings is 1. The molecule has 0 saturated heterocycles. The predicted molar refractivity (Wildman–Crippen MR) is 123 cm³/mol. The maximum Gasteiger partial charge on any atom is 0.335 e. The zero-order chi connectivity index (χ0) is 20.3. The van der Waals surface area contributed by atoms with Gasteiger partial charge in [-0.1, -0.05) is 69.8 Å². The van der Waals surface area contributed by atoms with Crippen LogP contribution in [0.5, 0.6) is 0 Å². The minimum atomic E-state index is -0.860. The molecule has 1 N–H and O–H groups in total. The number of hydrogen-bond acceptors (Lipinski definition) is 2. The molecule has 0 spiro atoms. The van der Waals surface area contributed by atoms with Gasteiger partial charge in [0.15, 0.2) is 0 Å². The maximum absolute atomic E-state index is 10.8. The minimum absolute atomic E-state index is 0.359. The Morgan fingerprint density at radius 1 is 0.821 bits per heavy atom. The summed E-state index contributed by atoms with van der Waals surface area (Å²) in [6, 6.07) is 7.18. The van der Waals surface area contributed by atoms with Gasteiger partial charge in [0.2, 0.25) is 0 Å². The van der Waals surface area contributed by atoms with Crippen molar-refractivity contribution >= 4 is 17.7 Å². The van der Waals surface area contributed by atoms with E-state index in [9.17, 15) is 4.79 Å². The highest BCUT2D eigenvalue weighted by molar-refractivity contribution is 7.99. The van der Waals surface area contributed by atoms with Crippen molar-refractivity contribution in [1.82, 2.24) is 0 Å². The largest absolute Gasteiger partial charge is 0.478 e. The summed E-state index contributed by atoms with van der Waals surface area (Å²) in [6.45, 7) is 2.25. The minimum Gasteiger partial charge on any atom is -0.478 e. The summed E-state index contributed by atoms with van der Waals surface area (Å²) < 4.78 is 0. The van der Waals surface area contributed by atoms with Gasteiger partial charge >= 0.3 is 5.97 Å². The van der Waals surface area contributed by atoms with Crippen LogP contribution in [0.25, 0.3) is 0 Å². The Balaban J connectivity index is 1.87. The van der Waals surface area contributed by atoms with Gasteiger partial charge in [0.25, 0.3) is 0 Å². The third-order valence-corrected chi connectivity index (χ3v) is 5.81. The zero-order valence-electron chi connectivity index (χ0n) is 17.6. The summed E-state index contributed by atoms with van der Waals surface area (Å²) in [7, 11) is 0. The molecule has 0 aliphatic rings. The molecule has 2 nitrogen and oxygen atoms in total. The van der Waals surface area contributed by atoms with Crippen LogP contribution in [-0.4, -0.2) is 16.8 Å². The van der Waals surface area contributed by atoms with Crippen LogP contribution in [0.1, 0.15) is 94.3 Å². The molecule has 0 amide bonds. The standard InChI is InChI=1S/C25H38O2S/c1-2-3-4-5-6-7-8-9-10-11-12-13-14-15-16-17-22-28-24-20-18-23(19-21-24)25(26)27/h6-7,9-10,18-21H,2-5,8,11-17,22H2,1H3,(H,26,27)/b7-6+,10-9+. The number of carbonyl (C=O) groups is 1. The molecular formula is C25H38O2S. The van der Waals surface area contributed by atoms with Crippen LogP contribution in [0.15, 0.2) is 53.5 Å². The van der Waals surface area contributed by atoms with E-state index in [2.05, 4.69) is 31.2 Å². The highest BCUT2D eigenvalue weighted by atomic mass is 32.2. The predicted octanol–water partition coefficient (Wildman–Crippen LogP) is 8.29. The Morgan fingerprint density at radius 2 is 1.39 bits per heavy atom. The van der Waals surface area contributed by atoms with Gasteiger partial charge in [-0.2, -0.15) is 0 Å². The van der Waals surface area contributed by atoms with Gasteiger partial charge in [-0.25, -0.2) is 4.79 Å². The molecular weight excluding hydrogens is 364 g/mol. The van der Waals surface area contributed by atoms with Crippen LogP contribution in [0.3, 0.4) is 0 Å². The fourth-order valence-corrected chi connectivity index (χ4v) is 3.89. The lowest BCUT2D eigenvalue weighted by atomic mass is 10.1. The lowest BCUT2D eigenvalue weighted by Crippen LogP contribution is -1.94. The molecule has 0 fully saturated rings. The average Bonchev–Trinajstić information content (AvgIpc) is 2.70. The smallest absolute Gasteiger partial charge is 0.335 e. The van der Waals surface area contributed by atoms with Crippen LogP contribution in [0.4, 0.5) is 0 Å². The normalized spacial score (nSPS) is 11.6. The molecule has 3 heteroatoms. The van der Waals surface area contributed by atoms with E-state index in [0.29, 0.717) is 5.56 Å². The quantitative estimate of drug-likeness (QED) is 0.162. The fraction of sp³-hybridized carbons (Fsp3) is 0.560. The summed E-state index contributed by atoms with van der Waals surface area (Å²) in [5.41, 5.74) is 0.359. The highest BCUT2D eigenvalue weighted by Gasteiger charge is 2.01. The molecule has 0 radical (unpaired) electrons. The molecule has 0 aliphatic heterocycles. The molecule has 156 valence electrons. The van der Waals surface area contributed by atoms with Crippen LogP contribution < -0.4 is 0 Å². The SMILES string of the molecule is CCCCC/C=C/C/C=C/CCCCCCCCSc1ccc(C(=O)O)cc1. The lowest BCUT2D eigenvalue weighted by Gasteiger charge is -2.03. The van der Waals surface area contributed by atoms with Gasteiger partial charge in [-0.15, -0.1) is 11.8 Å². The summed E-state index contributed by atoms with van der Waals surface area (Å²) in [5.74, 6) is 0.253. The topological polar surface area (TPSA) is 37.3 Å². The molecule has 1 aromatic carbocycles. The second kappa shape index (κ2) is 17.6. The Bertz CT molecular complexity index is 560. The van der Waals surface area contributed by atoms with Crippen molar-refractivity contribution in [3.05, 3.63) is 54.1 Å². The third kappa shape index (κ3) is 13.7. The van der Waals surface area contributed by atoms with Gasteiger partial charge in [-0.05, 0) is 68.5 Å². The van der Waals surface area contributed by atoms with Gasteiger partial charge in [0, 0.05) is 4.90 Å². The summed E-state index contributed by atoms with van der Waals surface area (Å²) >= 11 is 1.82. The lowest BCUT2D eigenvalue weighted by molar-refractivity contribution is 0.0697. The Labute approximate surface area is 176 Å². The van der Waals surface area contributed by atoms with Crippen molar-refractivity contribution in [3.8, 4) is 0 Å². The van der Waals surface area contributed by atoms with E-state index in [4.69, 9.17) is 5.11 Å². The number of carboxylic acids is 1. The number of unbranched alkanes of at least 4 members (excludes halogenated alkanes) is 9. The van der Waals surface area contributed by atoms with Gasteiger partial charge in [0.1, 0.15) is 0 Å². The number of thioether (sulfide) groups is 1. The third-order valence-electron chi connectivity index (χ3n) is 4.71. The first-order valence-corrected chi connectivity index (χ1v) is 12.0. The molecule has 1 rings (SSSR count). The molecule has 0 saturated carbocycles. The van der Waals surface area contributed by atoms with Gasteiger partial charge in [-0.3, -0.25) is 0 Å². The molecule has 0 aliphatic carbocycles. The van der Waals surface area contributed by atoms with Crippen molar-refractivity contribution in [2.75, 3.05) is 5.75 Å². The van der Waals surface area contributed by atoms with E-state index >= 15 is 0 Å². The van der Waals surface area contributed by atoms with Crippen LogP contribution in [0.2, 0.25) is 0 Å². The number of rotatable bonds is 17. The summed E-state index contributed by atoms with van der Waals surface area (Å²) in [5, 5.41) is 8.89. The van der Waals surface area contributed by atoms with Crippen molar-refractivity contribution < 1.29 is 9.90 Å². The number of carboxylic acid groups (broad SMARTS) is 1. The van der Waals surface area contributed by atoms with E-state index in [0.717, 1.165) is 17.1 Å². The van der Waals surface area contributed by atoms with Crippen molar-refractivity contribution in [3.63, 3.8) is 0 Å². The van der Waals surface area contributed by atoms with Crippen LogP contribution in [-0.2, 0) is 0 Å². The number of allylic oxidation sites excluding steroid dienone is 4. The second-order valence-corrected chi connectivity index (χ2v) is 8.43. The van der Waals surface area contributed by atoms with E-state index in [-0.39, 0.29) is 0 Å². The van der Waals surface area contributed by atoms with Crippen molar-refractivity contribution in [1.29, 1.82) is 0 Å². The van der Waals surface area contributed by atoms with E-state index < -0.39 is 5.97 Å². The van der Waals surface area contributed by atoms with E-state index in [1.54, 1.807) is 12.1 Å². The first kappa shape index (κ1) is 24.6. The van der Waals surface area contributed by atoms with Crippen molar-refractivity contribution in [2.24, 2.45) is 0 Å². The summed E-state index contributed by atoms with van der Waals surface area (Å²) in [4.78, 5) is 12.0. The maximum atomic E-state index is 10.8. The monoisotopic (exact) mass is 402 g/mol. The number of hydrogen-bond donors (Lipinski definition) is 1. The van der Waals surface area contributed by atoms with Gasteiger partial charge < -0.3 is 5.11 Å². The van der Waals surface area contributed by atoms with Gasteiger partial charge in [0.05, 0.1) is 5.56 Å². The van der Waals surface area contributed by atoms with E-state index in [1.807, 2.05) is 23.9 Å².